The molecule has 1 unspecified atom stereocenters. The first-order chi connectivity index (χ1) is 8.46. The molecule has 18 heavy (non-hydrogen) atoms. The number of benzene rings is 1. The highest BCUT2D eigenvalue weighted by Gasteiger charge is 2.39. The van der Waals surface area contributed by atoms with Gasteiger partial charge in [-0.3, -0.25) is 0 Å². The van der Waals surface area contributed by atoms with Crippen molar-refractivity contribution >= 4 is 26.0 Å². The zero-order valence-corrected chi connectivity index (χ0v) is 13.0. The van der Waals surface area contributed by atoms with Crippen LogP contribution in [0.2, 0.25) is 0 Å². The van der Waals surface area contributed by atoms with Crippen LogP contribution >= 0.6 is 15.9 Å². The summed E-state index contributed by atoms with van der Waals surface area (Å²) in [5.41, 5.74) is 1.07. The fourth-order valence-electron chi connectivity index (χ4n) is 2.46. The molecule has 0 bridgehead atoms. The van der Waals surface area contributed by atoms with E-state index in [-0.39, 0.29) is 12.1 Å². The van der Waals surface area contributed by atoms with Crippen LogP contribution in [-0.4, -0.2) is 30.1 Å². The second kappa shape index (κ2) is 5.31. The lowest BCUT2D eigenvalue weighted by Gasteiger charge is -2.26. The van der Waals surface area contributed by atoms with E-state index in [2.05, 4.69) is 15.9 Å². The Kier molecular flexibility index (Phi) is 4.14. The van der Waals surface area contributed by atoms with Crippen LogP contribution in [0.4, 0.5) is 0 Å². The van der Waals surface area contributed by atoms with Crippen LogP contribution in [0.1, 0.15) is 25.3 Å². The van der Waals surface area contributed by atoms with Crippen molar-refractivity contribution in [1.29, 1.82) is 0 Å². The second-order valence-corrected chi connectivity index (χ2v) is 7.37. The minimum absolute atomic E-state index is 0.0753. The maximum atomic E-state index is 12.6. The van der Waals surface area contributed by atoms with Crippen molar-refractivity contribution in [3.05, 3.63) is 29.8 Å². The van der Waals surface area contributed by atoms with E-state index >= 15 is 0 Å². The first-order valence-electron chi connectivity index (χ1n) is 6.13. The van der Waals surface area contributed by atoms with Gasteiger partial charge in [0, 0.05) is 17.4 Å². The molecule has 1 aromatic rings. The van der Waals surface area contributed by atoms with E-state index in [1.165, 1.54) is 0 Å². The summed E-state index contributed by atoms with van der Waals surface area (Å²) in [6.07, 6.45) is 1.86. The number of hydrogen-bond donors (Lipinski definition) is 0. The minimum Gasteiger partial charge on any atom is -0.207 e. The van der Waals surface area contributed by atoms with Crippen LogP contribution in [0.5, 0.6) is 0 Å². The van der Waals surface area contributed by atoms with E-state index in [0.29, 0.717) is 10.2 Å². The molecule has 5 heteroatoms. The van der Waals surface area contributed by atoms with Gasteiger partial charge in [-0.15, -0.1) is 0 Å². The van der Waals surface area contributed by atoms with Gasteiger partial charge in [0.05, 0.1) is 4.90 Å². The first-order valence-corrected chi connectivity index (χ1v) is 8.69. The summed E-state index contributed by atoms with van der Waals surface area (Å²) in [5, 5.41) is 0.697. The van der Waals surface area contributed by atoms with Gasteiger partial charge >= 0.3 is 0 Å². The zero-order valence-electron chi connectivity index (χ0n) is 10.6. The smallest absolute Gasteiger partial charge is 0.207 e. The summed E-state index contributed by atoms with van der Waals surface area (Å²) >= 11 is 3.41. The van der Waals surface area contributed by atoms with E-state index in [4.69, 9.17) is 0 Å². The van der Waals surface area contributed by atoms with E-state index in [9.17, 15) is 8.42 Å². The molecule has 1 aromatic carbocycles. The number of alkyl halides is 1. The van der Waals surface area contributed by atoms with E-state index in [1.807, 2.05) is 26.0 Å². The quantitative estimate of drug-likeness (QED) is 0.798. The van der Waals surface area contributed by atoms with Crippen LogP contribution in [0.25, 0.3) is 0 Å². The molecule has 2 rings (SSSR count). The molecule has 0 amide bonds. The summed E-state index contributed by atoms with van der Waals surface area (Å²) < 4.78 is 26.9. The molecule has 1 aliphatic rings. The van der Waals surface area contributed by atoms with Crippen molar-refractivity contribution in [3.63, 3.8) is 0 Å². The summed E-state index contributed by atoms with van der Waals surface area (Å²) in [7, 11) is -3.36. The Labute approximate surface area is 117 Å². The third-order valence-electron chi connectivity index (χ3n) is 3.49. The van der Waals surface area contributed by atoms with E-state index in [0.717, 1.165) is 18.4 Å². The Morgan fingerprint density at radius 2 is 1.89 bits per heavy atom. The van der Waals surface area contributed by atoms with Crippen molar-refractivity contribution in [2.75, 3.05) is 5.33 Å². The highest BCUT2D eigenvalue weighted by Crippen LogP contribution is 2.31. The number of hydrogen-bond acceptors (Lipinski definition) is 2. The molecule has 100 valence electrons. The topological polar surface area (TPSA) is 37.4 Å². The molecule has 0 saturated carbocycles. The van der Waals surface area contributed by atoms with Crippen LogP contribution in [0, 0.1) is 6.92 Å². The molecule has 0 spiro atoms. The maximum Gasteiger partial charge on any atom is 0.243 e. The largest absolute Gasteiger partial charge is 0.243 e. The van der Waals surface area contributed by atoms with Gasteiger partial charge in [-0.2, -0.15) is 4.31 Å². The van der Waals surface area contributed by atoms with Gasteiger partial charge < -0.3 is 0 Å². The highest BCUT2D eigenvalue weighted by molar-refractivity contribution is 9.09. The van der Waals surface area contributed by atoms with Crippen LogP contribution in [-0.2, 0) is 10.0 Å². The van der Waals surface area contributed by atoms with Gasteiger partial charge in [0.2, 0.25) is 10.0 Å². The van der Waals surface area contributed by atoms with Crippen LogP contribution in [0.15, 0.2) is 29.2 Å². The Morgan fingerprint density at radius 3 is 2.44 bits per heavy atom. The molecular weight excluding hydrogens is 314 g/mol. The zero-order chi connectivity index (χ0) is 13.3. The fourth-order valence-corrected chi connectivity index (χ4v) is 5.16. The highest BCUT2D eigenvalue weighted by atomic mass is 79.9. The monoisotopic (exact) mass is 331 g/mol. The Morgan fingerprint density at radius 1 is 1.28 bits per heavy atom. The average Bonchev–Trinajstić information content (AvgIpc) is 2.71. The predicted octanol–water partition coefficient (Wildman–Crippen LogP) is 2.93. The van der Waals surface area contributed by atoms with Crippen LogP contribution < -0.4 is 0 Å². The molecule has 0 aliphatic carbocycles. The molecule has 1 heterocycles. The van der Waals surface area contributed by atoms with Crippen molar-refractivity contribution < 1.29 is 8.42 Å². The van der Waals surface area contributed by atoms with E-state index in [1.54, 1.807) is 16.4 Å². The number of aryl methyl sites for hydroxylation is 1. The molecule has 0 aromatic heterocycles. The average molecular weight is 332 g/mol. The molecule has 3 nitrogen and oxygen atoms in total. The molecule has 2 atom stereocenters. The minimum atomic E-state index is -3.36. The number of halogens is 1. The summed E-state index contributed by atoms with van der Waals surface area (Å²) in [5.74, 6) is 0. The number of sulfonamides is 1. The summed E-state index contributed by atoms with van der Waals surface area (Å²) in [6, 6.07) is 7.24. The molecule has 1 saturated heterocycles. The normalized spacial score (nSPS) is 25.5. The van der Waals surface area contributed by atoms with Crippen molar-refractivity contribution in [3.8, 4) is 0 Å². The molecule has 0 N–H and O–H groups in total. The summed E-state index contributed by atoms with van der Waals surface area (Å²) in [4.78, 5) is 0.396. The van der Waals surface area contributed by atoms with Gasteiger partial charge in [-0.1, -0.05) is 33.6 Å². The van der Waals surface area contributed by atoms with Crippen molar-refractivity contribution in [2.45, 2.75) is 43.7 Å². The Bertz CT molecular complexity index is 512. The third kappa shape index (κ3) is 2.49. The van der Waals surface area contributed by atoms with E-state index < -0.39 is 10.0 Å². The number of nitrogens with zero attached hydrogens (tertiary/aromatic N) is 1. The lowest BCUT2D eigenvalue weighted by atomic mass is 10.2. The standard InChI is InChI=1S/C13H18BrNO2S/c1-10-3-7-13(8-4-10)18(16,17)15-11(2)5-6-12(15)9-14/h3-4,7-8,11-12H,5-6,9H2,1-2H3/t11-,12?/m0/s1. The van der Waals surface area contributed by atoms with Crippen molar-refractivity contribution in [1.82, 2.24) is 4.31 Å². The molecule has 0 radical (unpaired) electrons. The molecular formula is C13H18BrNO2S. The maximum absolute atomic E-state index is 12.6. The lowest BCUT2D eigenvalue weighted by molar-refractivity contribution is 0.354. The summed E-state index contributed by atoms with van der Waals surface area (Å²) in [6.45, 7) is 3.94. The Hall–Kier alpha value is -0.390. The Balaban J connectivity index is 2.38. The second-order valence-electron chi connectivity index (χ2n) is 4.88. The SMILES string of the molecule is Cc1ccc(S(=O)(=O)N2C(CBr)CC[C@@H]2C)cc1. The van der Waals surface area contributed by atoms with Gasteiger partial charge in [0.1, 0.15) is 0 Å². The van der Waals surface area contributed by atoms with Crippen molar-refractivity contribution in [2.24, 2.45) is 0 Å². The lowest BCUT2D eigenvalue weighted by Crippen LogP contribution is -2.40. The van der Waals surface area contributed by atoms with Crippen LogP contribution in [0.3, 0.4) is 0 Å². The van der Waals surface area contributed by atoms with Gasteiger partial charge in [-0.05, 0) is 38.8 Å². The van der Waals surface area contributed by atoms with Gasteiger partial charge in [0.15, 0.2) is 0 Å². The number of rotatable bonds is 3. The van der Waals surface area contributed by atoms with Gasteiger partial charge in [0.25, 0.3) is 0 Å². The predicted molar refractivity (Wildman–Crippen MR) is 76.5 cm³/mol. The third-order valence-corrected chi connectivity index (χ3v) is 6.31. The molecule has 1 fully saturated rings. The fraction of sp³-hybridized carbons (Fsp3) is 0.538. The molecule has 1 aliphatic heterocycles. The first kappa shape index (κ1) is 14.0. The van der Waals surface area contributed by atoms with Gasteiger partial charge in [-0.25, -0.2) is 8.42 Å².